The molecule has 0 saturated carbocycles. The number of carbonyl (C=O) groups is 3. The predicted molar refractivity (Wildman–Crippen MR) is 193 cm³/mol. The highest BCUT2D eigenvalue weighted by atomic mass is 35.5. The summed E-state index contributed by atoms with van der Waals surface area (Å²) in [5, 5.41) is 13.4. The Labute approximate surface area is 302 Å². The number of likely N-dealkylation sites (tertiary alicyclic amines) is 1. The summed E-state index contributed by atoms with van der Waals surface area (Å²) in [5.41, 5.74) is 3.12. The van der Waals surface area contributed by atoms with Crippen LogP contribution in [0.2, 0.25) is 5.02 Å². The van der Waals surface area contributed by atoms with E-state index in [1.165, 1.54) is 11.7 Å². The highest BCUT2D eigenvalue weighted by molar-refractivity contribution is 7.92. The van der Waals surface area contributed by atoms with Crippen LogP contribution in [0.3, 0.4) is 0 Å². The third kappa shape index (κ3) is 10.3. The number of ether oxygens (including phenoxy) is 3. The molecular formula is C37H42ClN3O9S. The van der Waals surface area contributed by atoms with Crippen LogP contribution in [0.25, 0.3) is 10.9 Å². The first kappa shape index (κ1) is 37.8. The van der Waals surface area contributed by atoms with E-state index in [1.54, 1.807) is 49.4 Å². The van der Waals surface area contributed by atoms with E-state index >= 15 is 0 Å². The quantitative estimate of drug-likeness (QED) is 0.128. The van der Waals surface area contributed by atoms with Gasteiger partial charge in [-0.15, -0.1) is 0 Å². The Balaban J connectivity index is 1.07. The van der Waals surface area contributed by atoms with Crippen molar-refractivity contribution in [2.45, 2.75) is 38.8 Å². The van der Waals surface area contributed by atoms with E-state index in [0.29, 0.717) is 63.8 Å². The van der Waals surface area contributed by atoms with E-state index < -0.39 is 39.8 Å². The fourth-order valence-corrected chi connectivity index (χ4v) is 7.14. The second-order valence-corrected chi connectivity index (χ2v) is 15.1. The molecule has 51 heavy (non-hydrogen) atoms. The van der Waals surface area contributed by atoms with Crippen molar-refractivity contribution in [1.29, 1.82) is 0 Å². The van der Waals surface area contributed by atoms with Crippen molar-refractivity contribution >= 4 is 50.1 Å². The third-order valence-corrected chi connectivity index (χ3v) is 10.4. The topological polar surface area (TPSA) is 153 Å². The molecule has 0 spiro atoms. The Morgan fingerprint density at radius 1 is 1.02 bits per heavy atom. The van der Waals surface area contributed by atoms with Crippen LogP contribution in [0, 0.1) is 6.92 Å². The number of hydrogen-bond donors (Lipinski definition) is 2. The van der Waals surface area contributed by atoms with Gasteiger partial charge in [0.2, 0.25) is 5.91 Å². The van der Waals surface area contributed by atoms with Gasteiger partial charge in [-0.2, -0.15) is 0 Å². The van der Waals surface area contributed by atoms with Gasteiger partial charge in [0, 0.05) is 47.8 Å². The number of nitrogens with zero attached hydrogens (tertiary/aromatic N) is 2. The van der Waals surface area contributed by atoms with Crippen LogP contribution in [-0.4, -0.2) is 98.3 Å². The molecule has 0 aliphatic carbocycles. The molecule has 0 radical (unpaired) electrons. The number of aromatic nitrogens is 1. The highest BCUT2D eigenvalue weighted by Crippen LogP contribution is 2.31. The largest absolute Gasteiger partial charge is 0.497 e. The van der Waals surface area contributed by atoms with E-state index in [-0.39, 0.29) is 25.0 Å². The Kier molecular flexibility index (Phi) is 12.7. The Bertz CT molecular complexity index is 1980. The van der Waals surface area contributed by atoms with Gasteiger partial charge in [0.05, 0.1) is 37.5 Å². The molecule has 0 bridgehead atoms. The summed E-state index contributed by atoms with van der Waals surface area (Å²) < 4.78 is 43.2. The number of carbonyl (C=O) groups excluding carboxylic acids is 3. The molecule has 12 nitrogen and oxygen atoms in total. The molecule has 1 aliphatic rings. The van der Waals surface area contributed by atoms with Gasteiger partial charge in [-0.05, 0) is 85.5 Å². The standard InChI is InChI=1S/C37H42ClN3O9S/c1-25-32(33-20-30(48-2)11-12-34(33)41(25)37(45)27-7-9-28(38)10-8-27)21-36(44)50-17-18-51(46,47)24-35(43)39-14-4-16-49-31-6-3-5-26(19-31)22-40-15-13-29(42)23-40/h3,5-12,19-20,29,42H,4,13-18,21-24H2,1-2H3,(H,39,43). The van der Waals surface area contributed by atoms with Crippen molar-refractivity contribution in [3.05, 3.63) is 94.1 Å². The first-order chi connectivity index (χ1) is 24.4. The molecule has 4 aromatic rings. The van der Waals surface area contributed by atoms with Crippen LogP contribution < -0.4 is 14.8 Å². The molecule has 2 heterocycles. The number of aliphatic hydroxyl groups excluding tert-OH is 1. The van der Waals surface area contributed by atoms with E-state index in [0.717, 1.165) is 25.1 Å². The molecule has 2 N–H and O–H groups in total. The van der Waals surface area contributed by atoms with Crippen molar-refractivity contribution < 1.29 is 42.1 Å². The Morgan fingerprint density at radius 3 is 2.53 bits per heavy atom. The number of sulfone groups is 1. The van der Waals surface area contributed by atoms with E-state index in [4.69, 9.17) is 25.8 Å². The Hall–Kier alpha value is -4.43. The molecule has 1 atom stereocenters. The van der Waals surface area contributed by atoms with Gasteiger partial charge < -0.3 is 24.6 Å². The normalized spacial score (nSPS) is 14.8. The lowest BCUT2D eigenvalue weighted by Crippen LogP contribution is -2.33. The van der Waals surface area contributed by atoms with Crippen LogP contribution in [-0.2, 0) is 37.1 Å². The number of esters is 1. The maximum absolute atomic E-state index is 13.5. The number of hydrogen-bond acceptors (Lipinski definition) is 10. The summed E-state index contributed by atoms with van der Waals surface area (Å²) in [4.78, 5) is 40.9. The number of fused-ring (bicyclic) bond motifs is 1. The van der Waals surface area contributed by atoms with Crippen LogP contribution in [0.15, 0.2) is 66.7 Å². The summed E-state index contributed by atoms with van der Waals surface area (Å²) in [7, 11) is -2.35. The number of benzene rings is 3. The molecule has 1 unspecified atom stereocenters. The lowest BCUT2D eigenvalue weighted by atomic mass is 10.1. The smallest absolute Gasteiger partial charge is 0.310 e. The number of amides is 1. The second kappa shape index (κ2) is 17.2. The molecule has 1 aliphatic heterocycles. The van der Waals surface area contributed by atoms with Crippen molar-refractivity contribution in [2.24, 2.45) is 0 Å². The zero-order valence-corrected chi connectivity index (χ0v) is 30.2. The lowest BCUT2D eigenvalue weighted by Gasteiger charge is -2.15. The van der Waals surface area contributed by atoms with Crippen LogP contribution in [0.4, 0.5) is 0 Å². The SMILES string of the molecule is COc1ccc2c(c1)c(CC(=O)OCCS(=O)(=O)CC(=O)NCCCOc1cccc(CN3CCC(O)C3)c1)c(C)n2C(=O)c1ccc(Cl)cc1. The summed E-state index contributed by atoms with van der Waals surface area (Å²) in [6, 6.07) is 19.4. The van der Waals surface area contributed by atoms with E-state index in [9.17, 15) is 27.9 Å². The summed E-state index contributed by atoms with van der Waals surface area (Å²) in [6.07, 6.45) is 0.754. The van der Waals surface area contributed by atoms with Crippen molar-refractivity contribution in [3.8, 4) is 11.5 Å². The van der Waals surface area contributed by atoms with Crippen molar-refractivity contribution in [1.82, 2.24) is 14.8 Å². The maximum atomic E-state index is 13.5. The number of methoxy groups -OCH3 is 1. The molecule has 14 heteroatoms. The number of nitrogens with one attached hydrogen (secondary N) is 1. The Morgan fingerprint density at radius 2 is 1.80 bits per heavy atom. The molecular weight excluding hydrogens is 698 g/mol. The van der Waals surface area contributed by atoms with Gasteiger partial charge in [-0.1, -0.05) is 23.7 Å². The third-order valence-electron chi connectivity index (χ3n) is 8.63. The molecule has 1 amide bonds. The number of rotatable bonds is 16. The highest BCUT2D eigenvalue weighted by Gasteiger charge is 2.24. The van der Waals surface area contributed by atoms with Gasteiger partial charge in [-0.3, -0.25) is 23.9 Å². The second-order valence-electron chi connectivity index (χ2n) is 12.5. The zero-order valence-electron chi connectivity index (χ0n) is 28.6. The van der Waals surface area contributed by atoms with Gasteiger partial charge in [0.15, 0.2) is 9.84 Å². The van der Waals surface area contributed by atoms with Gasteiger partial charge >= 0.3 is 5.97 Å². The fourth-order valence-electron chi connectivity index (χ4n) is 6.03. The first-order valence-electron chi connectivity index (χ1n) is 16.7. The average Bonchev–Trinajstić information content (AvgIpc) is 3.62. The summed E-state index contributed by atoms with van der Waals surface area (Å²) >= 11 is 6.00. The number of halogens is 1. The molecule has 1 fully saturated rings. The summed E-state index contributed by atoms with van der Waals surface area (Å²) in [5.74, 6) is -1.67. The minimum absolute atomic E-state index is 0.216. The molecule has 3 aromatic carbocycles. The average molecular weight is 740 g/mol. The molecule has 272 valence electrons. The maximum Gasteiger partial charge on any atom is 0.310 e. The van der Waals surface area contributed by atoms with Crippen LogP contribution >= 0.6 is 11.6 Å². The predicted octanol–water partition coefficient (Wildman–Crippen LogP) is 3.95. The fraction of sp³-hybridized carbons (Fsp3) is 0.378. The zero-order chi connectivity index (χ0) is 36.5. The molecule has 1 saturated heterocycles. The van der Waals surface area contributed by atoms with Gasteiger partial charge in [0.25, 0.3) is 5.91 Å². The molecule has 5 rings (SSSR count). The monoisotopic (exact) mass is 739 g/mol. The van der Waals surface area contributed by atoms with E-state index in [1.807, 2.05) is 24.3 Å². The number of aliphatic hydroxyl groups is 1. The number of β-amino-alcohol motifs (C(OH)–C–C–N with tert-alkyl or cyclic N) is 1. The minimum Gasteiger partial charge on any atom is -0.497 e. The van der Waals surface area contributed by atoms with Crippen molar-refractivity contribution in [2.75, 3.05) is 51.5 Å². The lowest BCUT2D eigenvalue weighted by molar-refractivity contribution is -0.142. The van der Waals surface area contributed by atoms with Gasteiger partial charge in [-0.25, -0.2) is 8.42 Å². The molecule has 1 aromatic heterocycles. The van der Waals surface area contributed by atoms with E-state index in [2.05, 4.69) is 10.2 Å². The van der Waals surface area contributed by atoms with Crippen molar-refractivity contribution in [3.63, 3.8) is 0 Å². The minimum atomic E-state index is -3.86. The first-order valence-corrected chi connectivity index (χ1v) is 18.9. The summed E-state index contributed by atoms with van der Waals surface area (Å²) in [6.45, 7) is 4.09. The van der Waals surface area contributed by atoms with Crippen LogP contribution in [0.5, 0.6) is 11.5 Å². The van der Waals surface area contributed by atoms with Crippen LogP contribution in [0.1, 0.15) is 40.0 Å². The van der Waals surface area contributed by atoms with Gasteiger partial charge in [0.1, 0.15) is 23.9 Å².